The highest BCUT2D eigenvalue weighted by atomic mass is 16.4. The number of aliphatic imine (C=N–C) groups is 1. The molecule has 11 N–H and O–H groups in total. The van der Waals surface area contributed by atoms with E-state index in [1.54, 1.807) is 0 Å². The number of nitrogens with zero attached hydrogens (tertiary/aromatic N) is 1. The topological polar surface area (TPSA) is 235 Å². The second-order valence-electron chi connectivity index (χ2n) is 5.65. The van der Waals surface area contributed by atoms with Crippen molar-refractivity contribution in [1.82, 2.24) is 16.0 Å². The van der Waals surface area contributed by atoms with Gasteiger partial charge in [0.15, 0.2) is 5.96 Å². The van der Waals surface area contributed by atoms with E-state index in [1.807, 2.05) is 0 Å². The molecule has 3 atom stereocenters. The second-order valence-corrected chi connectivity index (χ2v) is 5.65. The Morgan fingerprint density at radius 3 is 2.11 bits per heavy atom. The summed E-state index contributed by atoms with van der Waals surface area (Å²) < 4.78 is 0. The van der Waals surface area contributed by atoms with Crippen molar-refractivity contribution in [2.75, 3.05) is 19.7 Å². The van der Waals surface area contributed by atoms with Crippen molar-refractivity contribution in [1.29, 1.82) is 0 Å². The molecule has 154 valence electrons. The summed E-state index contributed by atoms with van der Waals surface area (Å²) in [5.74, 6) is -3.63. The summed E-state index contributed by atoms with van der Waals surface area (Å²) in [5, 5.41) is 24.7. The molecule has 0 aromatic heterocycles. The van der Waals surface area contributed by atoms with Gasteiger partial charge in [-0.05, 0) is 19.8 Å². The van der Waals surface area contributed by atoms with E-state index in [0.717, 1.165) is 0 Å². The molecule has 0 saturated carbocycles. The van der Waals surface area contributed by atoms with Crippen LogP contribution in [-0.2, 0) is 19.2 Å². The minimum Gasteiger partial charge on any atom is -0.480 e. The Balaban J connectivity index is 4.97. The zero-order valence-corrected chi connectivity index (χ0v) is 15.0. The summed E-state index contributed by atoms with van der Waals surface area (Å²) in [7, 11) is 0. The van der Waals surface area contributed by atoms with Crippen molar-refractivity contribution in [3.8, 4) is 0 Å². The molecule has 0 aromatic carbocycles. The van der Waals surface area contributed by atoms with E-state index in [9.17, 15) is 24.3 Å². The Kier molecular flexibility index (Phi) is 11.1. The number of amides is 3. The lowest BCUT2D eigenvalue weighted by atomic mass is 10.1. The number of carbonyl (C=O) groups excluding carboxylic acids is 3. The molecule has 0 rings (SSSR count). The van der Waals surface area contributed by atoms with Crippen molar-refractivity contribution >= 4 is 29.7 Å². The Hall–Kier alpha value is -2.93. The summed E-state index contributed by atoms with van der Waals surface area (Å²) in [6, 6.07) is -3.34. The van der Waals surface area contributed by atoms with Crippen LogP contribution in [0.25, 0.3) is 0 Å². The molecule has 0 aromatic rings. The van der Waals surface area contributed by atoms with Gasteiger partial charge in [0.2, 0.25) is 17.7 Å². The van der Waals surface area contributed by atoms with Gasteiger partial charge in [0.05, 0.1) is 12.6 Å². The third-order valence-electron chi connectivity index (χ3n) is 3.22. The van der Waals surface area contributed by atoms with Crippen LogP contribution < -0.4 is 33.2 Å². The summed E-state index contributed by atoms with van der Waals surface area (Å²) in [4.78, 5) is 50.2. The molecule has 0 aliphatic heterocycles. The van der Waals surface area contributed by atoms with Crippen LogP contribution in [0.1, 0.15) is 19.8 Å². The zero-order valence-electron chi connectivity index (χ0n) is 15.0. The molecule has 3 amide bonds. The van der Waals surface area contributed by atoms with Crippen LogP contribution in [0.15, 0.2) is 4.99 Å². The molecule has 0 radical (unpaired) electrons. The van der Waals surface area contributed by atoms with Crippen molar-refractivity contribution in [2.24, 2.45) is 22.2 Å². The average Bonchev–Trinajstić information content (AvgIpc) is 2.59. The van der Waals surface area contributed by atoms with E-state index in [2.05, 4.69) is 20.9 Å². The SMILES string of the molecule is CC(N)C(=O)NC(CO)C(=O)NC(CCCN=C(N)N)C(=O)NCC(=O)O. The van der Waals surface area contributed by atoms with E-state index in [-0.39, 0.29) is 18.9 Å². The quantitative estimate of drug-likeness (QED) is 0.0911. The molecule has 13 heteroatoms. The molecular formula is C14H27N7O6. The van der Waals surface area contributed by atoms with Crippen LogP contribution in [0.5, 0.6) is 0 Å². The van der Waals surface area contributed by atoms with Crippen molar-refractivity contribution in [3.63, 3.8) is 0 Å². The summed E-state index contributed by atoms with van der Waals surface area (Å²) in [6.07, 6.45) is 0.396. The number of carbonyl (C=O) groups is 4. The van der Waals surface area contributed by atoms with Gasteiger partial charge >= 0.3 is 5.97 Å². The second kappa shape index (κ2) is 12.4. The number of carboxylic acids is 1. The molecule has 0 aliphatic rings. The van der Waals surface area contributed by atoms with Crippen LogP contribution in [-0.4, -0.2) is 77.7 Å². The number of guanidine groups is 1. The normalized spacial score (nSPS) is 13.6. The predicted molar refractivity (Wildman–Crippen MR) is 95.2 cm³/mol. The maximum absolute atomic E-state index is 12.2. The minimum absolute atomic E-state index is 0.0906. The first kappa shape index (κ1) is 24.1. The molecule has 0 spiro atoms. The minimum atomic E-state index is -1.32. The van der Waals surface area contributed by atoms with Gasteiger partial charge < -0.3 is 43.4 Å². The molecule has 0 heterocycles. The lowest BCUT2D eigenvalue weighted by molar-refractivity contribution is -0.138. The third kappa shape index (κ3) is 10.6. The Morgan fingerprint density at radius 1 is 1.04 bits per heavy atom. The average molecular weight is 389 g/mol. The van der Waals surface area contributed by atoms with Gasteiger partial charge in [-0.1, -0.05) is 0 Å². The van der Waals surface area contributed by atoms with Crippen molar-refractivity contribution in [3.05, 3.63) is 0 Å². The van der Waals surface area contributed by atoms with Crippen LogP contribution in [0.2, 0.25) is 0 Å². The molecule has 27 heavy (non-hydrogen) atoms. The van der Waals surface area contributed by atoms with Crippen LogP contribution in [0, 0.1) is 0 Å². The van der Waals surface area contributed by atoms with Gasteiger partial charge in [-0.15, -0.1) is 0 Å². The fraction of sp³-hybridized carbons (Fsp3) is 0.643. The fourth-order valence-electron chi connectivity index (χ4n) is 1.83. The number of hydrogen-bond acceptors (Lipinski definition) is 7. The first-order valence-corrected chi connectivity index (χ1v) is 8.10. The highest BCUT2D eigenvalue weighted by molar-refractivity contribution is 5.93. The van der Waals surface area contributed by atoms with E-state index < -0.39 is 55.0 Å². The molecule has 0 bridgehead atoms. The van der Waals surface area contributed by atoms with Gasteiger partial charge in [-0.25, -0.2) is 0 Å². The van der Waals surface area contributed by atoms with Gasteiger partial charge in [0.1, 0.15) is 18.6 Å². The van der Waals surface area contributed by atoms with Crippen LogP contribution in [0.3, 0.4) is 0 Å². The number of carboxylic acid groups (broad SMARTS) is 1. The number of nitrogens with two attached hydrogens (primary N) is 3. The number of aliphatic carboxylic acids is 1. The monoisotopic (exact) mass is 389 g/mol. The summed E-state index contributed by atoms with van der Waals surface area (Å²) in [5.41, 5.74) is 15.8. The number of aliphatic hydroxyl groups is 1. The van der Waals surface area contributed by atoms with Crippen LogP contribution >= 0.6 is 0 Å². The maximum Gasteiger partial charge on any atom is 0.322 e. The molecular weight excluding hydrogens is 362 g/mol. The first-order chi connectivity index (χ1) is 12.6. The molecule has 0 aliphatic carbocycles. The maximum atomic E-state index is 12.2. The molecule has 13 nitrogen and oxygen atoms in total. The zero-order chi connectivity index (χ0) is 21.0. The standard InChI is InChI=1S/C14H27N7O6/c1-7(15)11(25)21-9(6-22)13(27)20-8(3-2-4-18-14(16)17)12(26)19-5-10(23)24/h7-9,22H,2-6,15H2,1H3,(H,19,26)(H,20,27)(H,21,25)(H,23,24)(H4,16,17,18). The summed E-state index contributed by atoms with van der Waals surface area (Å²) >= 11 is 0. The number of hydrogen-bond donors (Lipinski definition) is 8. The largest absolute Gasteiger partial charge is 0.480 e. The Bertz CT molecular complexity index is 562. The van der Waals surface area contributed by atoms with Gasteiger partial charge in [0, 0.05) is 6.54 Å². The fourth-order valence-corrected chi connectivity index (χ4v) is 1.83. The van der Waals surface area contributed by atoms with E-state index in [4.69, 9.17) is 22.3 Å². The van der Waals surface area contributed by atoms with Crippen molar-refractivity contribution in [2.45, 2.75) is 37.9 Å². The van der Waals surface area contributed by atoms with Gasteiger partial charge in [-0.2, -0.15) is 0 Å². The smallest absolute Gasteiger partial charge is 0.322 e. The summed E-state index contributed by atoms with van der Waals surface area (Å²) in [6.45, 7) is 0.227. The van der Waals surface area contributed by atoms with E-state index >= 15 is 0 Å². The van der Waals surface area contributed by atoms with Crippen LogP contribution in [0.4, 0.5) is 0 Å². The third-order valence-corrected chi connectivity index (χ3v) is 3.22. The van der Waals surface area contributed by atoms with E-state index in [0.29, 0.717) is 6.42 Å². The van der Waals surface area contributed by atoms with E-state index in [1.165, 1.54) is 6.92 Å². The Morgan fingerprint density at radius 2 is 1.63 bits per heavy atom. The van der Waals surface area contributed by atoms with Crippen molar-refractivity contribution < 1.29 is 29.4 Å². The van der Waals surface area contributed by atoms with Gasteiger partial charge in [-0.3, -0.25) is 24.2 Å². The Labute approximate surface area is 155 Å². The first-order valence-electron chi connectivity index (χ1n) is 8.10. The molecule has 0 fully saturated rings. The number of rotatable bonds is 12. The predicted octanol–water partition coefficient (Wildman–Crippen LogP) is -4.45. The number of nitrogens with one attached hydrogen (secondary N) is 3. The van der Waals surface area contributed by atoms with Gasteiger partial charge in [0.25, 0.3) is 0 Å². The molecule has 3 unspecified atom stereocenters. The molecule has 0 saturated heterocycles. The highest BCUT2D eigenvalue weighted by Crippen LogP contribution is 2.00. The number of aliphatic hydroxyl groups excluding tert-OH is 1. The lowest BCUT2D eigenvalue weighted by Gasteiger charge is -2.22. The lowest BCUT2D eigenvalue weighted by Crippen LogP contribution is -2.56. The highest BCUT2D eigenvalue weighted by Gasteiger charge is 2.27.